The number of carbonyl (C=O) groups excluding carboxylic acids is 2. The van der Waals surface area contributed by atoms with E-state index in [0.717, 1.165) is 5.56 Å². The molecule has 5 nitrogen and oxygen atoms in total. The molecule has 1 aromatic rings. The van der Waals surface area contributed by atoms with Gasteiger partial charge in [0.25, 0.3) is 0 Å². The number of hydrogen-bond donors (Lipinski definition) is 1. The second-order valence-electron chi connectivity index (χ2n) is 7.72. The van der Waals surface area contributed by atoms with Crippen LogP contribution in [0, 0.1) is 11.2 Å². The lowest BCUT2D eigenvalue weighted by Gasteiger charge is -2.35. The molecule has 1 heterocycles. The van der Waals surface area contributed by atoms with Gasteiger partial charge in [-0.05, 0) is 29.5 Å². The molecule has 1 saturated heterocycles. The van der Waals surface area contributed by atoms with Crippen molar-refractivity contribution in [3.05, 3.63) is 35.6 Å². The zero-order valence-electron chi connectivity index (χ0n) is 15.3. The first kappa shape index (κ1) is 19.2. The summed E-state index contributed by atoms with van der Waals surface area (Å²) >= 11 is 0. The van der Waals surface area contributed by atoms with Crippen molar-refractivity contribution in [3.8, 4) is 0 Å². The Balaban J connectivity index is 1.73. The van der Waals surface area contributed by atoms with E-state index in [1.165, 1.54) is 12.1 Å². The van der Waals surface area contributed by atoms with E-state index in [2.05, 4.69) is 26.1 Å². The minimum atomic E-state index is -0.278. The lowest BCUT2D eigenvalue weighted by Crippen LogP contribution is -2.53. The number of halogens is 1. The molecule has 138 valence electrons. The Bertz CT molecular complexity index is 605. The Morgan fingerprint density at radius 3 is 2.36 bits per heavy atom. The van der Waals surface area contributed by atoms with E-state index in [1.54, 1.807) is 15.9 Å². The summed E-state index contributed by atoms with van der Waals surface area (Å²) in [6.45, 7) is 9.02. The van der Waals surface area contributed by atoms with Gasteiger partial charge in [-0.25, -0.2) is 9.18 Å². The molecular formula is C19H28FN3O2. The van der Waals surface area contributed by atoms with Gasteiger partial charge in [0.1, 0.15) is 5.82 Å². The summed E-state index contributed by atoms with van der Waals surface area (Å²) in [7, 11) is 0. The zero-order valence-corrected chi connectivity index (χ0v) is 15.3. The summed E-state index contributed by atoms with van der Waals surface area (Å²) in [6, 6.07) is 6.28. The van der Waals surface area contributed by atoms with Crippen LogP contribution in [0.25, 0.3) is 0 Å². The molecule has 1 aliphatic rings. The van der Waals surface area contributed by atoms with Crippen LogP contribution < -0.4 is 5.32 Å². The Morgan fingerprint density at radius 2 is 1.76 bits per heavy atom. The first-order valence-electron chi connectivity index (χ1n) is 8.79. The summed E-state index contributed by atoms with van der Waals surface area (Å²) < 4.78 is 13.2. The Kier molecular flexibility index (Phi) is 6.39. The topological polar surface area (TPSA) is 52.7 Å². The number of urea groups is 1. The van der Waals surface area contributed by atoms with Gasteiger partial charge in [0.05, 0.1) is 0 Å². The van der Waals surface area contributed by atoms with Crippen molar-refractivity contribution in [3.63, 3.8) is 0 Å². The minimum Gasteiger partial charge on any atom is -0.339 e. The number of nitrogens with zero attached hydrogens (tertiary/aromatic N) is 2. The van der Waals surface area contributed by atoms with Crippen LogP contribution in [0.2, 0.25) is 0 Å². The van der Waals surface area contributed by atoms with E-state index in [-0.39, 0.29) is 23.2 Å². The fraction of sp³-hybridized carbons (Fsp3) is 0.579. The van der Waals surface area contributed by atoms with Crippen LogP contribution >= 0.6 is 0 Å². The molecule has 0 bridgehead atoms. The highest BCUT2D eigenvalue weighted by Crippen LogP contribution is 2.12. The Hall–Kier alpha value is -2.11. The van der Waals surface area contributed by atoms with Crippen LogP contribution in [0.5, 0.6) is 0 Å². The summed E-state index contributed by atoms with van der Waals surface area (Å²) in [5.74, 6) is -0.223. The SMILES string of the molecule is CC(C)(C)CNC(=O)N1CCN(C(=O)CCc2cccc(F)c2)CC1. The number of carbonyl (C=O) groups is 2. The highest BCUT2D eigenvalue weighted by molar-refractivity contribution is 5.78. The van der Waals surface area contributed by atoms with E-state index in [1.807, 2.05) is 6.07 Å². The number of rotatable bonds is 4. The quantitative estimate of drug-likeness (QED) is 0.909. The Morgan fingerprint density at radius 1 is 1.12 bits per heavy atom. The van der Waals surface area contributed by atoms with Gasteiger partial charge < -0.3 is 15.1 Å². The standard InChI is InChI=1S/C19H28FN3O2/c1-19(2,3)14-21-18(25)23-11-9-22(10-12-23)17(24)8-7-15-5-4-6-16(20)13-15/h4-6,13H,7-12,14H2,1-3H3,(H,21,25). The normalized spacial score (nSPS) is 15.2. The van der Waals surface area contributed by atoms with Crippen LogP contribution in [0.4, 0.5) is 9.18 Å². The van der Waals surface area contributed by atoms with Gasteiger partial charge in [0.2, 0.25) is 5.91 Å². The maximum absolute atomic E-state index is 13.2. The number of amides is 3. The molecule has 3 amide bonds. The summed E-state index contributed by atoms with van der Waals surface area (Å²) in [6.07, 6.45) is 0.891. The monoisotopic (exact) mass is 349 g/mol. The van der Waals surface area contributed by atoms with E-state index in [0.29, 0.717) is 45.6 Å². The van der Waals surface area contributed by atoms with E-state index in [4.69, 9.17) is 0 Å². The molecular weight excluding hydrogens is 321 g/mol. The first-order chi connectivity index (χ1) is 11.7. The van der Waals surface area contributed by atoms with E-state index < -0.39 is 0 Å². The van der Waals surface area contributed by atoms with Gasteiger partial charge >= 0.3 is 6.03 Å². The molecule has 6 heteroatoms. The van der Waals surface area contributed by atoms with Gasteiger partial charge in [-0.1, -0.05) is 32.9 Å². The second kappa shape index (κ2) is 8.32. The number of hydrogen-bond acceptors (Lipinski definition) is 2. The smallest absolute Gasteiger partial charge is 0.317 e. The van der Waals surface area contributed by atoms with Gasteiger partial charge in [-0.3, -0.25) is 4.79 Å². The molecule has 0 aromatic heterocycles. The molecule has 0 unspecified atom stereocenters. The van der Waals surface area contributed by atoms with Crippen molar-refractivity contribution in [2.45, 2.75) is 33.6 Å². The van der Waals surface area contributed by atoms with Crippen molar-refractivity contribution in [1.82, 2.24) is 15.1 Å². The molecule has 0 spiro atoms. The molecule has 1 aromatic carbocycles. The van der Waals surface area contributed by atoms with Crippen LogP contribution in [0.15, 0.2) is 24.3 Å². The van der Waals surface area contributed by atoms with Crippen molar-refractivity contribution in [2.24, 2.45) is 5.41 Å². The lowest BCUT2D eigenvalue weighted by atomic mass is 9.97. The molecule has 0 saturated carbocycles. The van der Waals surface area contributed by atoms with E-state index in [9.17, 15) is 14.0 Å². The zero-order chi connectivity index (χ0) is 18.4. The summed E-state index contributed by atoms with van der Waals surface area (Å²) in [5, 5.41) is 2.94. The van der Waals surface area contributed by atoms with Gasteiger partial charge in [0, 0.05) is 39.1 Å². The number of nitrogens with one attached hydrogen (secondary N) is 1. The maximum Gasteiger partial charge on any atom is 0.317 e. The molecule has 2 rings (SSSR count). The molecule has 1 fully saturated rings. The van der Waals surface area contributed by atoms with Crippen LogP contribution in [-0.2, 0) is 11.2 Å². The van der Waals surface area contributed by atoms with Crippen LogP contribution in [0.1, 0.15) is 32.8 Å². The fourth-order valence-electron chi connectivity index (χ4n) is 2.71. The van der Waals surface area contributed by atoms with Crippen molar-refractivity contribution < 1.29 is 14.0 Å². The summed E-state index contributed by atoms with van der Waals surface area (Å²) in [5.41, 5.74) is 0.873. The molecule has 0 aliphatic carbocycles. The van der Waals surface area contributed by atoms with E-state index >= 15 is 0 Å². The van der Waals surface area contributed by atoms with Crippen LogP contribution in [-0.4, -0.2) is 54.5 Å². The van der Waals surface area contributed by atoms with Crippen LogP contribution in [0.3, 0.4) is 0 Å². The minimum absolute atomic E-state index is 0.0460. The largest absolute Gasteiger partial charge is 0.339 e. The van der Waals surface area contributed by atoms with Crippen molar-refractivity contribution >= 4 is 11.9 Å². The third-order valence-corrected chi connectivity index (χ3v) is 4.21. The predicted molar refractivity (Wildman–Crippen MR) is 95.7 cm³/mol. The first-order valence-corrected chi connectivity index (χ1v) is 8.79. The summed E-state index contributed by atoms with van der Waals surface area (Å²) in [4.78, 5) is 28.0. The highest BCUT2D eigenvalue weighted by atomic mass is 19.1. The molecule has 1 N–H and O–H groups in total. The number of piperazine rings is 1. The number of aryl methyl sites for hydroxylation is 1. The highest BCUT2D eigenvalue weighted by Gasteiger charge is 2.24. The fourth-order valence-corrected chi connectivity index (χ4v) is 2.71. The number of benzene rings is 1. The molecule has 25 heavy (non-hydrogen) atoms. The third-order valence-electron chi connectivity index (χ3n) is 4.21. The van der Waals surface area contributed by atoms with Crippen molar-refractivity contribution in [1.29, 1.82) is 0 Å². The molecule has 0 radical (unpaired) electrons. The second-order valence-corrected chi connectivity index (χ2v) is 7.72. The van der Waals surface area contributed by atoms with Gasteiger partial charge in [0.15, 0.2) is 0 Å². The Labute approximate surface area is 149 Å². The molecule has 1 aliphatic heterocycles. The molecule has 0 atom stereocenters. The predicted octanol–water partition coefficient (Wildman–Crippen LogP) is 2.66. The van der Waals surface area contributed by atoms with Gasteiger partial charge in [-0.15, -0.1) is 0 Å². The maximum atomic E-state index is 13.2. The average Bonchev–Trinajstić information content (AvgIpc) is 2.57. The lowest BCUT2D eigenvalue weighted by molar-refractivity contribution is -0.132. The third kappa shape index (κ3) is 6.36. The average molecular weight is 349 g/mol. The van der Waals surface area contributed by atoms with Crippen molar-refractivity contribution in [2.75, 3.05) is 32.7 Å². The van der Waals surface area contributed by atoms with Gasteiger partial charge in [-0.2, -0.15) is 0 Å².